The number of amides is 4. The largest absolute Gasteiger partial charge is 0.463 e. The summed E-state index contributed by atoms with van der Waals surface area (Å²) in [6.45, 7) is 10.9. The van der Waals surface area contributed by atoms with Crippen LogP contribution in [0.2, 0.25) is 10.0 Å². The van der Waals surface area contributed by atoms with Crippen molar-refractivity contribution in [3.63, 3.8) is 0 Å². The molecule has 2 aliphatic heterocycles. The maximum Gasteiger partial charge on any atom is 0.338 e. The second kappa shape index (κ2) is 12.7. The highest BCUT2D eigenvalue weighted by molar-refractivity contribution is 6.42. The van der Waals surface area contributed by atoms with E-state index in [1.165, 1.54) is 0 Å². The molecule has 198 valence electrons. The van der Waals surface area contributed by atoms with E-state index in [0.717, 1.165) is 6.42 Å². The fourth-order valence-corrected chi connectivity index (χ4v) is 5.07. The van der Waals surface area contributed by atoms with Crippen molar-refractivity contribution < 1.29 is 19.1 Å². The number of hydrogen-bond acceptors (Lipinski definition) is 5. The predicted molar refractivity (Wildman–Crippen MR) is 140 cm³/mol. The third kappa shape index (κ3) is 6.07. The van der Waals surface area contributed by atoms with E-state index in [0.29, 0.717) is 61.1 Å². The molecule has 2 aliphatic rings. The Morgan fingerprint density at radius 3 is 2.58 bits per heavy atom. The zero-order chi connectivity index (χ0) is 26.4. The Morgan fingerprint density at radius 1 is 1.19 bits per heavy atom. The summed E-state index contributed by atoms with van der Waals surface area (Å²) in [5, 5.41) is 6.45. The van der Waals surface area contributed by atoms with Gasteiger partial charge in [-0.25, -0.2) is 14.4 Å². The molecule has 4 amide bonds. The van der Waals surface area contributed by atoms with Crippen molar-refractivity contribution in [1.29, 1.82) is 0 Å². The van der Waals surface area contributed by atoms with Gasteiger partial charge in [0, 0.05) is 51.0 Å². The molecule has 1 aromatic carbocycles. The highest BCUT2D eigenvalue weighted by Gasteiger charge is 2.40. The minimum absolute atomic E-state index is 0.0343. The number of urea groups is 2. The Morgan fingerprint density at radius 2 is 1.94 bits per heavy atom. The number of nitrogens with one attached hydrogen (secondary N) is 2. The van der Waals surface area contributed by atoms with Crippen molar-refractivity contribution in [3.05, 3.63) is 45.1 Å². The van der Waals surface area contributed by atoms with Crippen LogP contribution in [-0.4, -0.2) is 84.6 Å². The molecule has 0 aliphatic carbocycles. The van der Waals surface area contributed by atoms with E-state index in [1.807, 2.05) is 25.7 Å². The number of carbonyl (C=O) groups excluding carboxylic acids is 3. The van der Waals surface area contributed by atoms with Gasteiger partial charge in [-0.15, -0.1) is 0 Å². The molecule has 36 heavy (non-hydrogen) atoms. The summed E-state index contributed by atoms with van der Waals surface area (Å²) in [5.41, 5.74) is 1.43. The molecule has 0 spiro atoms. The van der Waals surface area contributed by atoms with Crippen LogP contribution in [0.4, 0.5) is 9.59 Å². The summed E-state index contributed by atoms with van der Waals surface area (Å²) >= 11 is 12.8. The Kier molecular flexibility index (Phi) is 9.87. The molecule has 1 aromatic rings. The standard InChI is InChI=1S/C25H35Cl2N5O4/c1-5-11-28-24(34)32-13-12-30(14-16(32)4)15-19-20(23(33)36-7-3)22(29-25(35)31(19)6-2)17-9-8-10-18(26)21(17)27/h8-10,16,22H,5-7,11-15H2,1-4H3,(H,28,34)(H,29,35)/t16-,22+/m1/s1. The number of carbonyl (C=O) groups is 3. The van der Waals surface area contributed by atoms with Gasteiger partial charge in [0.2, 0.25) is 0 Å². The average molecular weight is 540 g/mol. The molecule has 9 nitrogen and oxygen atoms in total. The van der Waals surface area contributed by atoms with Crippen LogP contribution in [0.3, 0.4) is 0 Å². The van der Waals surface area contributed by atoms with E-state index in [9.17, 15) is 14.4 Å². The van der Waals surface area contributed by atoms with Gasteiger partial charge in [0.1, 0.15) is 0 Å². The monoisotopic (exact) mass is 539 g/mol. The highest BCUT2D eigenvalue weighted by atomic mass is 35.5. The van der Waals surface area contributed by atoms with Gasteiger partial charge in [-0.05, 0) is 38.8 Å². The first kappa shape index (κ1) is 28.1. The van der Waals surface area contributed by atoms with Crippen LogP contribution < -0.4 is 10.6 Å². The fraction of sp³-hybridized carbons (Fsp3) is 0.560. The van der Waals surface area contributed by atoms with Crippen molar-refractivity contribution in [1.82, 2.24) is 25.3 Å². The minimum Gasteiger partial charge on any atom is -0.463 e. The zero-order valence-corrected chi connectivity index (χ0v) is 22.8. The number of hydrogen-bond donors (Lipinski definition) is 2. The molecule has 2 N–H and O–H groups in total. The second-order valence-electron chi connectivity index (χ2n) is 8.86. The molecule has 0 aromatic heterocycles. The van der Waals surface area contributed by atoms with Gasteiger partial charge >= 0.3 is 18.0 Å². The zero-order valence-electron chi connectivity index (χ0n) is 21.3. The Balaban J connectivity index is 1.97. The van der Waals surface area contributed by atoms with Crippen molar-refractivity contribution in [2.75, 3.05) is 45.9 Å². The van der Waals surface area contributed by atoms with Crippen LogP contribution in [0, 0.1) is 0 Å². The van der Waals surface area contributed by atoms with Gasteiger partial charge in [-0.1, -0.05) is 42.3 Å². The Bertz CT molecular complexity index is 1020. The lowest BCUT2D eigenvalue weighted by molar-refractivity contribution is -0.139. The first-order valence-electron chi connectivity index (χ1n) is 12.4. The van der Waals surface area contributed by atoms with Gasteiger partial charge in [0.05, 0.1) is 28.3 Å². The van der Waals surface area contributed by atoms with Gasteiger partial charge in [0.25, 0.3) is 0 Å². The molecular weight excluding hydrogens is 505 g/mol. The summed E-state index contributed by atoms with van der Waals surface area (Å²) in [7, 11) is 0. The number of esters is 1. The molecule has 0 unspecified atom stereocenters. The average Bonchev–Trinajstić information content (AvgIpc) is 2.84. The molecular formula is C25H35Cl2N5O4. The summed E-state index contributed by atoms with van der Waals surface area (Å²) in [4.78, 5) is 44.5. The quantitative estimate of drug-likeness (QED) is 0.486. The van der Waals surface area contributed by atoms with E-state index in [2.05, 4.69) is 15.5 Å². The third-order valence-corrected chi connectivity index (χ3v) is 7.25. The van der Waals surface area contributed by atoms with Crippen LogP contribution in [0.25, 0.3) is 0 Å². The van der Waals surface area contributed by atoms with Crippen LogP contribution in [0.1, 0.15) is 45.7 Å². The topological polar surface area (TPSA) is 94.2 Å². The van der Waals surface area contributed by atoms with Crippen LogP contribution in [0.15, 0.2) is 29.5 Å². The van der Waals surface area contributed by atoms with E-state index < -0.39 is 12.0 Å². The van der Waals surface area contributed by atoms with E-state index >= 15 is 0 Å². The molecule has 0 radical (unpaired) electrons. The van der Waals surface area contributed by atoms with Crippen molar-refractivity contribution in [3.8, 4) is 0 Å². The van der Waals surface area contributed by atoms with Gasteiger partial charge in [-0.3, -0.25) is 9.80 Å². The fourth-order valence-electron chi connectivity index (χ4n) is 4.66. The number of rotatable bonds is 8. The van der Waals surface area contributed by atoms with Crippen molar-refractivity contribution >= 4 is 41.2 Å². The minimum atomic E-state index is -0.806. The highest BCUT2D eigenvalue weighted by Crippen LogP contribution is 2.38. The van der Waals surface area contributed by atoms with Crippen LogP contribution >= 0.6 is 23.2 Å². The molecule has 0 saturated carbocycles. The normalized spacial score (nSPS) is 20.9. The van der Waals surface area contributed by atoms with E-state index in [4.69, 9.17) is 27.9 Å². The predicted octanol–water partition coefficient (Wildman–Crippen LogP) is 4.02. The summed E-state index contributed by atoms with van der Waals surface area (Å²) in [6.07, 6.45) is 0.873. The first-order valence-corrected chi connectivity index (χ1v) is 13.2. The molecule has 1 fully saturated rings. The second-order valence-corrected chi connectivity index (χ2v) is 9.65. The number of likely N-dealkylation sites (N-methyl/N-ethyl adjacent to an activating group) is 1. The van der Waals surface area contributed by atoms with E-state index in [1.54, 1.807) is 30.0 Å². The number of halogens is 2. The van der Waals surface area contributed by atoms with Crippen LogP contribution in [-0.2, 0) is 9.53 Å². The van der Waals surface area contributed by atoms with Gasteiger partial charge in [0.15, 0.2) is 0 Å². The SMILES string of the molecule is CCCNC(=O)N1CCN(CC2=C(C(=O)OCC)[C@H](c3cccc(Cl)c3Cl)NC(=O)N2CC)C[C@H]1C. The molecule has 11 heteroatoms. The number of benzene rings is 1. The molecule has 1 saturated heterocycles. The molecule has 2 heterocycles. The lowest BCUT2D eigenvalue weighted by atomic mass is 9.94. The molecule has 2 atom stereocenters. The van der Waals surface area contributed by atoms with Gasteiger partial charge in [-0.2, -0.15) is 0 Å². The maximum absolute atomic E-state index is 13.3. The Labute approximate surface area is 222 Å². The maximum atomic E-state index is 13.3. The lowest BCUT2D eigenvalue weighted by Crippen LogP contribution is -2.58. The smallest absolute Gasteiger partial charge is 0.338 e. The summed E-state index contributed by atoms with van der Waals surface area (Å²) in [6, 6.07) is 3.89. The number of nitrogens with zero attached hydrogens (tertiary/aromatic N) is 3. The first-order chi connectivity index (χ1) is 17.2. The van der Waals surface area contributed by atoms with Crippen molar-refractivity contribution in [2.24, 2.45) is 0 Å². The summed E-state index contributed by atoms with van der Waals surface area (Å²) in [5.74, 6) is -0.516. The van der Waals surface area contributed by atoms with E-state index in [-0.39, 0.29) is 29.7 Å². The third-order valence-electron chi connectivity index (χ3n) is 6.41. The summed E-state index contributed by atoms with van der Waals surface area (Å²) < 4.78 is 5.43. The molecule has 3 rings (SSSR count). The molecule has 0 bridgehead atoms. The Hall–Kier alpha value is -2.49. The van der Waals surface area contributed by atoms with Gasteiger partial charge < -0.3 is 20.3 Å². The van der Waals surface area contributed by atoms with Crippen LogP contribution in [0.5, 0.6) is 0 Å². The number of piperazine rings is 1. The lowest BCUT2D eigenvalue weighted by Gasteiger charge is -2.42. The van der Waals surface area contributed by atoms with Crippen molar-refractivity contribution in [2.45, 2.75) is 46.2 Å². The number of ether oxygens (including phenoxy) is 1.